The molecular formula is C14H10Cl2FNO. The van der Waals surface area contributed by atoms with E-state index in [1.807, 2.05) is 0 Å². The second kappa shape index (κ2) is 6.04. The summed E-state index contributed by atoms with van der Waals surface area (Å²) >= 11 is 11.4. The molecule has 2 nitrogen and oxygen atoms in total. The number of halogens is 3. The Morgan fingerprint density at radius 2 is 1.84 bits per heavy atom. The summed E-state index contributed by atoms with van der Waals surface area (Å²) in [5.41, 5.74) is 1.42. The molecule has 98 valence electrons. The standard InChI is InChI=1S/C14H10Cl2FNO/c15-8-9-1-4-11(5-2-9)18-14(19)12-7-10(16)3-6-13(12)17/h1-7H,8H2,(H,18,19). The van der Waals surface area contributed by atoms with Crippen molar-refractivity contribution in [3.8, 4) is 0 Å². The van der Waals surface area contributed by atoms with Crippen LogP contribution < -0.4 is 5.32 Å². The molecule has 0 bridgehead atoms. The molecule has 2 aromatic rings. The molecule has 0 aromatic heterocycles. The van der Waals surface area contributed by atoms with Crippen LogP contribution in [0.1, 0.15) is 15.9 Å². The Morgan fingerprint density at radius 1 is 1.16 bits per heavy atom. The Hall–Kier alpha value is -1.58. The number of amides is 1. The monoisotopic (exact) mass is 297 g/mol. The van der Waals surface area contributed by atoms with Crippen molar-refractivity contribution in [1.29, 1.82) is 0 Å². The van der Waals surface area contributed by atoms with Gasteiger partial charge in [0.2, 0.25) is 0 Å². The summed E-state index contributed by atoms with van der Waals surface area (Å²) in [7, 11) is 0. The molecule has 0 spiro atoms. The summed E-state index contributed by atoms with van der Waals surface area (Å²) in [4.78, 5) is 11.9. The highest BCUT2D eigenvalue weighted by molar-refractivity contribution is 6.31. The lowest BCUT2D eigenvalue weighted by atomic mass is 10.2. The Kier molecular flexibility index (Phi) is 4.40. The van der Waals surface area contributed by atoms with E-state index in [1.165, 1.54) is 12.1 Å². The molecule has 0 aliphatic heterocycles. The highest BCUT2D eigenvalue weighted by Crippen LogP contribution is 2.17. The van der Waals surface area contributed by atoms with Gasteiger partial charge in [-0.05, 0) is 35.9 Å². The Bertz CT molecular complexity index is 599. The first-order valence-corrected chi connectivity index (χ1v) is 6.42. The van der Waals surface area contributed by atoms with Crippen LogP contribution in [0.4, 0.5) is 10.1 Å². The molecule has 19 heavy (non-hydrogen) atoms. The fourth-order valence-corrected chi connectivity index (χ4v) is 1.90. The zero-order valence-electron chi connectivity index (χ0n) is 9.79. The molecule has 0 radical (unpaired) electrons. The van der Waals surface area contributed by atoms with Gasteiger partial charge >= 0.3 is 0 Å². The lowest BCUT2D eigenvalue weighted by Gasteiger charge is -2.07. The molecule has 2 rings (SSSR count). The van der Waals surface area contributed by atoms with Crippen molar-refractivity contribution in [2.24, 2.45) is 0 Å². The number of hydrogen-bond donors (Lipinski definition) is 1. The SMILES string of the molecule is O=C(Nc1ccc(CCl)cc1)c1cc(Cl)ccc1F. The maximum absolute atomic E-state index is 13.5. The molecule has 0 unspecified atom stereocenters. The van der Waals surface area contributed by atoms with E-state index in [4.69, 9.17) is 23.2 Å². The first-order valence-electron chi connectivity index (χ1n) is 5.51. The molecule has 0 heterocycles. The number of carbonyl (C=O) groups is 1. The minimum Gasteiger partial charge on any atom is -0.322 e. The average Bonchev–Trinajstić information content (AvgIpc) is 2.42. The molecule has 0 saturated carbocycles. The van der Waals surface area contributed by atoms with E-state index in [9.17, 15) is 9.18 Å². The van der Waals surface area contributed by atoms with Gasteiger partial charge in [-0.15, -0.1) is 11.6 Å². The molecule has 1 amide bonds. The van der Waals surface area contributed by atoms with Crippen molar-refractivity contribution in [1.82, 2.24) is 0 Å². The first kappa shape index (κ1) is 13.8. The van der Waals surface area contributed by atoms with E-state index in [2.05, 4.69) is 5.32 Å². The third kappa shape index (κ3) is 3.46. The van der Waals surface area contributed by atoms with Crippen LogP contribution in [-0.4, -0.2) is 5.91 Å². The number of nitrogens with one attached hydrogen (secondary N) is 1. The first-order chi connectivity index (χ1) is 9.10. The van der Waals surface area contributed by atoms with Gasteiger partial charge < -0.3 is 5.32 Å². The molecule has 5 heteroatoms. The Balaban J connectivity index is 2.18. The van der Waals surface area contributed by atoms with Crippen molar-refractivity contribution in [2.45, 2.75) is 5.88 Å². The summed E-state index contributed by atoms with van der Waals surface area (Å²) in [5, 5.41) is 2.91. The van der Waals surface area contributed by atoms with Gasteiger partial charge in [0.1, 0.15) is 5.82 Å². The fourth-order valence-electron chi connectivity index (χ4n) is 1.55. The zero-order chi connectivity index (χ0) is 13.8. The van der Waals surface area contributed by atoms with Crippen LogP contribution in [-0.2, 0) is 5.88 Å². The predicted octanol–water partition coefficient (Wildman–Crippen LogP) is 4.47. The number of anilines is 1. The third-order valence-electron chi connectivity index (χ3n) is 2.54. The van der Waals surface area contributed by atoms with Crippen molar-refractivity contribution in [3.63, 3.8) is 0 Å². The van der Waals surface area contributed by atoms with E-state index < -0.39 is 11.7 Å². The van der Waals surface area contributed by atoms with E-state index in [-0.39, 0.29) is 5.56 Å². The third-order valence-corrected chi connectivity index (χ3v) is 3.08. The lowest BCUT2D eigenvalue weighted by molar-refractivity contribution is 0.102. The van der Waals surface area contributed by atoms with Gasteiger partial charge in [-0.1, -0.05) is 23.7 Å². The quantitative estimate of drug-likeness (QED) is 0.832. The van der Waals surface area contributed by atoms with Gasteiger partial charge in [-0.2, -0.15) is 0 Å². The summed E-state index contributed by atoms with van der Waals surface area (Å²) in [6.45, 7) is 0. The van der Waals surface area contributed by atoms with Crippen molar-refractivity contribution in [3.05, 3.63) is 64.4 Å². The van der Waals surface area contributed by atoms with Crippen LogP contribution in [0.3, 0.4) is 0 Å². The second-order valence-electron chi connectivity index (χ2n) is 3.91. The van der Waals surface area contributed by atoms with Crippen LogP contribution in [0.25, 0.3) is 0 Å². The number of hydrogen-bond acceptors (Lipinski definition) is 1. The molecule has 0 aliphatic rings. The van der Waals surface area contributed by atoms with Crippen LogP contribution in [0.15, 0.2) is 42.5 Å². The highest BCUT2D eigenvalue weighted by atomic mass is 35.5. The van der Waals surface area contributed by atoms with Crippen LogP contribution >= 0.6 is 23.2 Å². The number of carbonyl (C=O) groups excluding carboxylic acids is 1. The minimum atomic E-state index is -0.612. The van der Waals surface area contributed by atoms with Crippen molar-refractivity contribution < 1.29 is 9.18 Å². The van der Waals surface area contributed by atoms with Crippen LogP contribution in [0.2, 0.25) is 5.02 Å². The van der Waals surface area contributed by atoms with Gasteiger partial charge in [0.15, 0.2) is 0 Å². The summed E-state index contributed by atoms with van der Waals surface area (Å²) in [6, 6.07) is 10.8. The maximum atomic E-state index is 13.5. The number of alkyl halides is 1. The molecule has 0 fully saturated rings. The minimum absolute atomic E-state index is 0.0890. The Labute approximate surface area is 120 Å². The van der Waals surface area contributed by atoms with Gasteiger partial charge in [-0.25, -0.2) is 4.39 Å². The molecule has 0 aliphatic carbocycles. The van der Waals surface area contributed by atoms with E-state index in [0.29, 0.717) is 16.6 Å². The van der Waals surface area contributed by atoms with Crippen molar-refractivity contribution in [2.75, 3.05) is 5.32 Å². The smallest absolute Gasteiger partial charge is 0.258 e. The average molecular weight is 298 g/mol. The molecular weight excluding hydrogens is 288 g/mol. The topological polar surface area (TPSA) is 29.1 Å². The zero-order valence-corrected chi connectivity index (χ0v) is 11.3. The summed E-state index contributed by atoms with van der Waals surface area (Å²) < 4.78 is 13.5. The summed E-state index contributed by atoms with van der Waals surface area (Å²) in [5.74, 6) is -0.755. The molecule has 0 atom stereocenters. The van der Waals surface area contributed by atoms with Crippen molar-refractivity contribution >= 4 is 34.8 Å². The van der Waals surface area contributed by atoms with E-state index in [1.54, 1.807) is 24.3 Å². The molecule has 0 saturated heterocycles. The highest BCUT2D eigenvalue weighted by Gasteiger charge is 2.12. The van der Waals surface area contributed by atoms with Crippen LogP contribution in [0, 0.1) is 5.82 Å². The largest absolute Gasteiger partial charge is 0.322 e. The number of benzene rings is 2. The molecule has 2 aromatic carbocycles. The van der Waals surface area contributed by atoms with Crippen LogP contribution in [0.5, 0.6) is 0 Å². The van der Waals surface area contributed by atoms with Gasteiger partial charge in [0.25, 0.3) is 5.91 Å². The Morgan fingerprint density at radius 3 is 2.47 bits per heavy atom. The molecule has 1 N–H and O–H groups in total. The van der Waals surface area contributed by atoms with E-state index in [0.717, 1.165) is 11.6 Å². The number of rotatable bonds is 3. The lowest BCUT2D eigenvalue weighted by Crippen LogP contribution is -2.13. The van der Waals surface area contributed by atoms with Gasteiger partial charge in [0, 0.05) is 16.6 Å². The van der Waals surface area contributed by atoms with Gasteiger partial charge in [0.05, 0.1) is 5.56 Å². The van der Waals surface area contributed by atoms with E-state index >= 15 is 0 Å². The fraction of sp³-hybridized carbons (Fsp3) is 0.0714. The second-order valence-corrected chi connectivity index (χ2v) is 4.61. The maximum Gasteiger partial charge on any atom is 0.258 e. The predicted molar refractivity (Wildman–Crippen MR) is 75.4 cm³/mol. The van der Waals surface area contributed by atoms with Gasteiger partial charge in [-0.3, -0.25) is 4.79 Å². The normalized spacial score (nSPS) is 10.3. The summed E-state index contributed by atoms with van der Waals surface area (Å²) in [6.07, 6.45) is 0.